The van der Waals surface area contributed by atoms with Crippen molar-refractivity contribution in [2.24, 2.45) is 0 Å². The smallest absolute Gasteiger partial charge is 0.160 e. The Kier molecular flexibility index (Phi) is 5.07. The first-order chi connectivity index (χ1) is 10.1. The van der Waals surface area contributed by atoms with Crippen LogP contribution in [0.1, 0.15) is 49.2 Å². The Bertz CT molecular complexity index is 615. The van der Waals surface area contributed by atoms with Crippen LogP contribution in [0.3, 0.4) is 0 Å². The van der Waals surface area contributed by atoms with E-state index >= 15 is 0 Å². The van der Waals surface area contributed by atoms with Crippen molar-refractivity contribution in [3.8, 4) is 5.82 Å². The highest BCUT2D eigenvalue weighted by Gasteiger charge is 2.16. The summed E-state index contributed by atoms with van der Waals surface area (Å²) in [6.07, 6.45) is 1.69. The number of nitrogens with one attached hydrogen (secondary N) is 1. The molecule has 0 unspecified atom stereocenters. The second-order valence-electron chi connectivity index (χ2n) is 5.23. The molecule has 0 saturated heterocycles. The van der Waals surface area contributed by atoms with Gasteiger partial charge in [0.05, 0.1) is 0 Å². The molecular weight excluding hydrogens is 262 g/mol. The number of aromatic nitrogens is 4. The summed E-state index contributed by atoms with van der Waals surface area (Å²) in [6, 6.07) is 2.12. The lowest BCUT2D eigenvalue weighted by atomic mass is 10.1. The molecule has 0 aliphatic heterocycles. The Hall–Kier alpha value is -1.75. The molecule has 0 aliphatic carbocycles. The summed E-state index contributed by atoms with van der Waals surface area (Å²) in [7, 11) is 0. The van der Waals surface area contributed by atoms with E-state index in [2.05, 4.69) is 49.2 Å². The van der Waals surface area contributed by atoms with Crippen molar-refractivity contribution in [1.82, 2.24) is 25.1 Å². The van der Waals surface area contributed by atoms with Crippen LogP contribution in [-0.4, -0.2) is 26.3 Å². The van der Waals surface area contributed by atoms with Crippen LogP contribution in [0.4, 0.5) is 0 Å². The van der Waals surface area contributed by atoms with Crippen LogP contribution < -0.4 is 5.32 Å². The van der Waals surface area contributed by atoms with E-state index in [-0.39, 0.29) is 0 Å². The SMILES string of the molecule is CCNCc1c(C)cc(C)nc1-n1nc(CC)nc1CC. The highest BCUT2D eigenvalue weighted by Crippen LogP contribution is 2.19. The third-order valence-electron chi connectivity index (χ3n) is 3.56. The van der Waals surface area contributed by atoms with Gasteiger partial charge in [0.2, 0.25) is 0 Å². The van der Waals surface area contributed by atoms with E-state index in [1.165, 1.54) is 11.1 Å². The van der Waals surface area contributed by atoms with E-state index in [0.717, 1.165) is 49.1 Å². The molecule has 114 valence electrons. The topological polar surface area (TPSA) is 55.6 Å². The van der Waals surface area contributed by atoms with E-state index in [0.29, 0.717) is 0 Å². The Morgan fingerprint density at radius 3 is 2.48 bits per heavy atom. The van der Waals surface area contributed by atoms with Crippen LogP contribution in [-0.2, 0) is 19.4 Å². The summed E-state index contributed by atoms with van der Waals surface area (Å²) in [4.78, 5) is 9.33. The lowest BCUT2D eigenvalue weighted by Gasteiger charge is -2.14. The van der Waals surface area contributed by atoms with Gasteiger partial charge < -0.3 is 5.32 Å². The summed E-state index contributed by atoms with van der Waals surface area (Å²) in [5.74, 6) is 2.77. The van der Waals surface area contributed by atoms with Gasteiger partial charge in [-0.3, -0.25) is 0 Å². The molecule has 21 heavy (non-hydrogen) atoms. The second-order valence-corrected chi connectivity index (χ2v) is 5.23. The van der Waals surface area contributed by atoms with Crippen molar-refractivity contribution in [3.63, 3.8) is 0 Å². The molecule has 0 spiro atoms. The van der Waals surface area contributed by atoms with Crippen LogP contribution in [0.5, 0.6) is 0 Å². The summed E-state index contributed by atoms with van der Waals surface area (Å²) >= 11 is 0. The Labute approximate surface area is 126 Å². The van der Waals surface area contributed by atoms with Gasteiger partial charge in [0.15, 0.2) is 11.6 Å². The standard InChI is InChI=1S/C16H25N5/c1-6-14-19-15(7-2)21(20-14)16-13(10-17-8-3)11(4)9-12(5)18-16/h9,17H,6-8,10H2,1-5H3. The quantitative estimate of drug-likeness (QED) is 0.887. The molecule has 0 fully saturated rings. The molecule has 0 saturated carbocycles. The minimum atomic E-state index is 0.801. The fourth-order valence-electron chi connectivity index (χ4n) is 2.43. The van der Waals surface area contributed by atoms with Gasteiger partial charge in [-0.2, -0.15) is 4.68 Å². The molecule has 5 nitrogen and oxygen atoms in total. The highest BCUT2D eigenvalue weighted by atomic mass is 15.4. The Balaban J connectivity index is 2.58. The number of rotatable bonds is 6. The number of hydrogen-bond donors (Lipinski definition) is 1. The Morgan fingerprint density at radius 2 is 1.86 bits per heavy atom. The minimum absolute atomic E-state index is 0.801. The first-order valence-corrected chi connectivity index (χ1v) is 7.73. The molecule has 0 bridgehead atoms. The maximum Gasteiger partial charge on any atom is 0.160 e. The Morgan fingerprint density at radius 1 is 1.10 bits per heavy atom. The summed E-state index contributed by atoms with van der Waals surface area (Å²) in [5.41, 5.74) is 3.46. The molecule has 2 rings (SSSR count). The van der Waals surface area contributed by atoms with Gasteiger partial charge in [-0.1, -0.05) is 20.8 Å². The van der Waals surface area contributed by atoms with Crippen LogP contribution in [0.25, 0.3) is 5.82 Å². The lowest BCUT2D eigenvalue weighted by molar-refractivity contribution is 0.693. The van der Waals surface area contributed by atoms with Crippen molar-refractivity contribution in [1.29, 1.82) is 0 Å². The van der Waals surface area contributed by atoms with Crippen molar-refractivity contribution < 1.29 is 0 Å². The maximum absolute atomic E-state index is 4.73. The van der Waals surface area contributed by atoms with Crippen LogP contribution in [0.15, 0.2) is 6.07 Å². The molecular formula is C16H25N5. The largest absolute Gasteiger partial charge is 0.313 e. The predicted molar refractivity (Wildman–Crippen MR) is 84.8 cm³/mol. The first-order valence-electron chi connectivity index (χ1n) is 7.73. The zero-order valence-corrected chi connectivity index (χ0v) is 13.7. The van der Waals surface area contributed by atoms with E-state index in [9.17, 15) is 0 Å². The molecule has 2 aromatic rings. The van der Waals surface area contributed by atoms with Gasteiger partial charge in [-0.25, -0.2) is 9.97 Å². The van der Waals surface area contributed by atoms with E-state index in [1.54, 1.807) is 0 Å². The summed E-state index contributed by atoms with van der Waals surface area (Å²) in [5, 5.41) is 8.03. The van der Waals surface area contributed by atoms with Crippen LogP contribution >= 0.6 is 0 Å². The molecule has 0 amide bonds. The fraction of sp³-hybridized carbons (Fsp3) is 0.562. The summed E-state index contributed by atoms with van der Waals surface area (Å²) in [6.45, 7) is 12.2. The number of hydrogen-bond acceptors (Lipinski definition) is 4. The van der Waals surface area contributed by atoms with Crippen molar-refractivity contribution in [2.75, 3.05) is 6.54 Å². The predicted octanol–water partition coefficient (Wildman–Crippen LogP) is 2.51. The molecule has 1 N–H and O–H groups in total. The van der Waals surface area contributed by atoms with Gasteiger partial charge in [0.25, 0.3) is 0 Å². The average Bonchev–Trinajstić information content (AvgIpc) is 2.89. The van der Waals surface area contributed by atoms with E-state index in [4.69, 9.17) is 4.98 Å². The van der Waals surface area contributed by atoms with Gasteiger partial charge >= 0.3 is 0 Å². The maximum atomic E-state index is 4.73. The highest BCUT2D eigenvalue weighted by molar-refractivity contribution is 5.41. The second kappa shape index (κ2) is 6.80. The van der Waals surface area contributed by atoms with Gasteiger partial charge in [0, 0.05) is 30.6 Å². The third kappa shape index (κ3) is 3.29. The number of pyridine rings is 1. The molecule has 2 aromatic heterocycles. The molecule has 0 aliphatic rings. The number of nitrogens with zero attached hydrogens (tertiary/aromatic N) is 4. The lowest BCUT2D eigenvalue weighted by Crippen LogP contribution is -2.18. The van der Waals surface area contributed by atoms with E-state index < -0.39 is 0 Å². The summed E-state index contributed by atoms with van der Waals surface area (Å²) < 4.78 is 1.92. The minimum Gasteiger partial charge on any atom is -0.313 e. The van der Waals surface area contributed by atoms with Gasteiger partial charge in [0.1, 0.15) is 5.82 Å². The molecule has 0 atom stereocenters. The molecule has 5 heteroatoms. The third-order valence-corrected chi connectivity index (χ3v) is 3.56. The van der Waals surface area contributed by atoms with Crippen molar-refractivity contribution in [3.05, 3.63) is 34.5 Å². The van der Waals surface area contributed by atoms with E-state index in [1.807, 2.05) is 11.6 Å². The average molecular weight is 287 g/mol. The zero-order chi connectivity index (χ0) is 15.4. The normalized spacial score (nSPS) is 11.1. The fourth-order valence-corrected chi connectivity index (χ4v) is 2.43. The van der Waals surface area contributed by atoms with Crippen molar-refractivity contribution in [2.45, 2.75) is 54.0 Å². The first kappa shape index (κ1) is 15.6. The van der Waals surface area contributed by atoms with Gasteiger partial charge in [-0.05, 0) is 32.0 Å². The molecule has 0 aromatic carbocycles. The molecule has 0 radical (unpaired) electrons. The van der Waals surface area contributed by atoms with Gasteiger partial charge in [-0.15, -0.1) is 5.10 Å². The monoisotopic (exact) mass is 287 g/mol. The van der Waals surface area contributed by atoms with Crippen LogP contribution in [0, 0.1) is 13.8 Å². The molecule has 2 heterocycles. The number of aryl methyl sites for hydroxylation is 4. The van der Waals surface area contributed by atoms with Crippen LogP contribution in [0.2, 0.25) is 0 Å². The zero-order valence-electron chi connectivity index (χ0n) is 13.7. The van der Waals surface area contributed by atoms with Crippen molar-refractivity contribution >= 4 is 0 Å².